The maximum Gasteiger partial charge on any atom is 0.354 e. The summed E-state index contributed by atoms with van der Waals surface area (Å²) in [5, 5.41) is 5.16. The minimum absolute atomic E-state index is 0.206. The highest BCUT2D eigenvalue weighted by Gasteiger charge is 2.14. The number of hydrogen-bond donors (Lipinski definition) is 2. The van der Waals surface area contributed by atoms with Crippen molar-refractivity contribution in [2.75, 3.05) is 19.0 Å². The van der Waals surface area contributed by atoms with Crippen LogP contribution in [0.15, 0.2) is 41.9 Å². The van der Waals surface area contributed by atoms with Gasteiger partial charge in [-0.05, 0) is 44.2 Å². The lowest BCUT2D eigenvalue weighted by Crippen LogP contribution is -2.29. The Kier molecular flexibility index (Phi) is 7.02. The van der Waals surface area contributed by atoms with Crippen LogP contribution in [0.5, 0.6) is 0 Å². The van der Waals surface area contributed by atoms with Crippen molar-refractivity contribution >= 4 is 28.3 Å². The largest absolute Gasteiger partial charge is 0.464 e. The predicted molar refractivity (Wildman–Crippen MR) is 119 cm³/mol. The molecule has 2 aromatic heterocycles. The van der Waals surface area contributed by atoms with E-state index in [0.717, 1.165) is 18.7 Å². The van der Waals surface area contributed by atoms with Gasteiger partial charge in [-0.2, -0.15) is 0 Å². The fraction of sp³-hybridized carbons (Fsp3) is 0.318. The number of ether oxygens (including phenoxy) is 1. The minimum Gasteiger partial charge on any atom is -0.464 e. The lowest BCUT2D eigenvalue weighted by atomic mass is 10.1. The van der Waals surface area contributed by atoms with Crippen LogP contribution in [-0.4, -0.2) is 46.4 Å². The smallest absolute Gasteiger partial charge is 0.354 e. The number of methoxy groups -OCH3 is 1. The normalized spacial score (nSPS) is 11.1. The maximum absolute atomic E-state index is 12.6. The molecule has 158 valence electrons. The summed E-state index contributed by atoms with van der Waals surface area (Å²) in [6.45, 7) is 8.34. The zero-order valence-electron chi connectivity index (χ0n) is 17.6. The molecule has 0 unspecified atom stereocenters. The van der Waals surface area contributed by atoms with Gasteiger partial charge in [0, 0.05) is 35.3 Å². The number of hydrogen-bond acceptors (Lipinski definition) is 6. The maximum atomic E-state index is 12.6. The Balaban J connectivity index is 1.64. The van der Waals surface area contributed by atoms with Gasteiger partial charge in [0.05, 0.1) is 12.8 Å². The Hall–Kier alpha value is -2.97. The molecular weight excluding hydrogens is 400 g/mol. The van der Waals surface area contributed by atoms with Gasteiger partial charge in [-0.15, -0.1) is 11.3 Å². The molecule has 2 heterocycles. The number of rotatable bonds is 8. The summed E-state index contributed by atoms with van der Waals surface area (Å²) in [7, 11) is 1.33. The summed E-state index contributed by atoms with van der Waals surface area (Å²) in [6, 6.07) is 9.79. The van der Waals surface area contributed by atoms with Gasteiger partial charge in [0.25, 0.3) is 5.91 Å². The van der Waals surface area contributed by atoms with Crippen LogP contribution in [0.3, 0.4) is 0 Å². The third-order valence-electron chi connectivity index (χ3n) is 4.85. The van der Waals surface area contributed by atoms with Crippen molar-refractivity contribution in [3.05, 3.63) is 58.7 Å². The number of anilines is 1. The zero-order chi connectivity index (χ0) is 21.7. The van der Waals surface area contributed by atoms with E-state index in [-0.39, 0.29) is 5.91 Å². The van der Waals surface area contributed by atoms with Crippen molar-refractivity contribution in [2.45, 2.75) is 33.4 Å². The second kappa shape index (κ2) is 9.69. The van der Waals surface area contributed by atoms with Gasteiger partial charge < -0.3 is 9.72 Å². The molecule has 30 heavy (non-hydrogen) atoms. The monoisotopic (exact) mass is 426 g/mol. The second-order valence-corrected chi connectivity index (χ2v) is 8.00. The third-order valence-corrected chi connectivity index (χ3v) is 5.60. The number of carbonyl (C=O) groups excluding carboxylic acids is 2. The average Bonchev–Trinajstić information content (AvgIpc) is 3.41. The Morgan fingerprint density at radius 1 is 1.27 bits per heavy atom. The number of carbonyl (C=O) groups is 2. The van der Waals surface area contributed by atoms with E-state index >= 15 is 0 Å². The van der Waals surface area contributed by atoms with Gasteiger partial charge in [-0.25, -0.2) is 9.78 Å². The molecule has 2 N–H and O–H groups in total. The highest BCUT2D eigenvalue weighted by atomic mass is 32.1. The van der Waals surface area contributed by atoms with Crippen molar-refractivity contribution in [2.24, 2.45) is 0 Å². The van der Waals surface area contributed by atoms with Gasteiger partial charge in [0.2, 0.25) is 0 Å². The third kappa shape index (κ3) is 5.14. The number of aromatic nitrogens is 2. The van der Waals surface area contributed by atoms with E-state index in [1.54, 1.807) is 12.3 Å². The molecule has 0 atom stereocenters. The van der Waals surface area contributed by atoms with E-state index in [1.165, 1.54) is 24.0 Å². The fourth-order valence-corrected chi connectivity index (χ4v) is 3.77. The Bertz CT molecular complexity index is 1010. The van der Waals surface area contributed by atoms with Crippen molar-refractivity contribution in [3.8, 4) is 11.3 Å². The van der Waals surface area contributed by atoms with Crippen LogP contribution in [0.2, 0.25) is 0 Å². The van der Waals surface area contributed by atoms with E-state index in [4.69, 9.17) is 4.74 Å². The van der Waals surface area contributed by atoms with E-state index in [9.17, 15) is 9.59 Å². The van der Waals surface area contributed by atoms with Crippen LogP contribution in [-0.2, 0) is 11.3 Å². The summed E-state index contributed by atoms with van der Waals surface area (Å²) in [6.07, 6.45) is 1.68. The summed E-state index contributed by atoms with van der Waals surface area (Å²) in [5.74, 6) is -0.646. The molecule has 0 aliphatic rings. The first-order valence-electron chi connectivity index (χ1n) is 9.78. The average molecular weight is 427 g/mol. The van der Waals surface area contributed by atoms with Crippen molar-refractivity contribution < 1.29 is 14.3 Å². The molecule has 1 amide bonds. The van der Waals surface area contributed by atoms with E-state index < -0.39 is 5.97 Å². The number of amides is 1. The van der Waals surface area contributed by atoms with Crippen LogP contribution in [0.1, 0.15) is 47.2 Å². The van der Waals surface area contributed by atoms with Crippen LogP contribution < -0.4 is 5.32 Å². The highest BCUT2D eigenvalue weighted by molar-refractivity contribution is 7.14. The number of benzene rings is 1. The summed E-state index contributed by atoms with van der Waals surface area (Å²) >= 11 is 1.33. The predicted octanol–water partition coefficient (Wildman–Crippen LogP) is 4.41. The van der Waals surface area contributed by atoms with Crippen molar-refractivity contribution in [1.82, 2.24) is 14.9 Å². The summed E-state index contributed by atoms with van der Waals surface area (Å²) in [5.41, 5.74) is 3.53. The van der Waals surface area contributed by atoms with Crippen molar-refractivity contribution in [1.29, 1.82) is 0 Å². The number of H-pyrrole nitrogens is 1. The van der Waals surface area contributed by atoms with Crippen LogP contribution in [0.4, 0.5) is 5.13 Å². The molecule has 0 radical (unpaired) electrons. The summed E-state index contributed by atoms with van der Waals surface area (Å²) in [4.78, 5) is 33.8. The summed E-state index contributed by atoms with van der Waals surface area (Å²) < 4.78 is 4.69. The first-order valence-corrected chi connectivity index (χ1v) is 10.7. The molecule has 1 aromatic carbocycles. The van der Waals surface area contributed by atoms with Gasteiger partial charge in [0.15, 0.2) is 5.13 Å². The lowest BCUT2D eigenvalue weighted by Gasteiger charge is -2.24. The Labute approximate surface area is 180 Å². The number of aromatic amines is 1. The van der Waals surface area contributed by atoms with Gasteiger partial charge >= 0.3 is 5.97 Å². The fourth-order valence-electron chi connectivity index (χ4n) is 3.06. The zero-order valence-corrected chi connectivity index (χ0v) is 18.4. The van der Waals surface area contributed by atoms with E-state index in [0.29, 0.717) is 28.1 Å². The number of esters is 1. The van der Waals surface area contributed by atoms with E-state index in [1.807, 2.05) is 29.6 Å². The molecule has 0 bridgehead atoms. The molecule has 0 saturated carbocycles. The molecule has 0 saturated heterocycles. The SMILES string of the molecule is CCN(Cc1ccc(C(=O)Nc2nc(-c3c[nH]c(C(=O)OC)c3)cs2)cc1)C(C)C. The van der Waals surface area contributed by atoms with Gasteiger partial charge in [0.1, 0.15) is 5.69 Å². The molecule has 7 nitrogen and oxygen atoms in total. The molecule has 8 heteroatoms. The molecule has 0 fully saturated rings. The van der Waals surface area contributed by atoms with Gasteiger partial charge in [-0.3, -0.25) is 15.0 Å². The molecule has 3 aromatic rings. The molecule has 0 aliphatic heterocycles. The quantitative estimate of drug-likeness (QED) is 0.521. The Morgan fingerprint density at radius 2 is 2.00 bits per heavy atom. The van der Waals surface area contributed by atoms with Crippen molar-refractivity contribution in [3.63, 3.8) is 0 Å². The Morgan fingerprint density at radius 3 is 2.63 bits per heavy atom. The highest BCUT2D eigenvalue weighted by Crippen LogP contribution is 2.26. The first kappa shape index (κ1) is 21.7. The molecule has 3 rings (SSSR count). The van der Waals surface area contributed by atoms with E-state index in [2.05, 4.69) is 41.0 Å². The topological polar surface area (TPSA) is 87.3 Å². The molecular formula is C22H26N4O3S. The minimum atomic E-state index is -0.441. The molecule has 0 spiro atoms. The lowest BCUT2D eigenvalue weighted by molar-refractivity contribution is 0.0594. The number of nitrogens with one attached hydrogen (secondary N) is 2. The first-order chi connectivity index (χ1) is 14.4. The second-order valence-electron chi connectivity index (χ2n) is 7.14. The standard InChI is InChI=1S/C22H26N4O3S/c1-5-26(14(2)3)12-15-6-8-16(9-7-15)20(27)25-22-24-19(13-30-22)17-10-18(23-11-17)21(28)29-4/h6-11,13-14,23H,5,12H2,1-4H3,(H,24,25,27). The van der Waals surface area contributed by atoms with Crippen LogP contribution >= 0.6 is 11.3 Å². The molecule has 0 aliphatic carbocycles. The van der Waals surface area contributed by atoms with Crippen LogP contribution in [0.25, 0.3) is 11.3 Å². The number of nitrogens with zero attached hydrogens (tertiary/aromatic N) is 2. The number of thiazole rings is 1. The van der Waals surface area contributed by atoms with Crippen LogP contribution in [0, 0.1) is 0 Å². The van der Waals surface area contributed by atoms with Gasteiger partial charge in [-0.1, -0.05) is 19.1 Å².